The fourth-order valence-electron chi connectivity index (χ4n) is 2.82. The second kappa shape index (κ2) is 1.97. The van der Waals surface area contributed by atoms with Gasteiger partial charge in [0, 0.05) is 0 Å². The van der Waals surface area contributed by atoms with E-state index in [0.717, 1.165) is 5.92 Å². The highest BCUT2D eigenvalue weighted by atomic mass is 16.3. The van der Waals surface area contributed by atoms with Crippen molar-refractivity contribution in [2.45, 2.75) is 45.1 Å². The highest BCUT2D eigenvalue weighted by Crippen LogP contribution is 2.55. The largest absolute Gasteiger partial charge is 0.393 e. The Morgan fingerprint density at radius 3 is 2.20 bits per heavy atom. The third-order valence-electron chi connectivity index (χ3n) is 3.68. The quantitative estimate of drug-likeness (QED) is 0.590. The van der Waals surface area contributed by atoms with E-state index in [0.29, 0.717) is 5.41 Å². The van der Waals surface area contributed by atoms with Gasteiger partial charge < -0.3 is 5.11 Å². The summed E-state index contributed by atoms with van der Waals surface area (Å²) in [7, 11) is 0. The van der Waals surface area contributed by atoms with Crippen LogP contribution in [0.4, 0.5) is 0 Å². The van der Waals surface area contributed by atoms with Crippen LogP contribution in [0, 0.1) is 11.3 Å². The molecule has 0 saturated heterocycles. The highest BCUT2D eigenvalue weighted by Gasteiger charge is 2.47. The number of fused-ring (bicyclic) bond motifs is 2. The Labute approximate surface area is 62.4 Å². The van der Waals surface area contributed by atoms with Gasteiger partial charge in [-0.25, -0.2) is 0 Å². The van der Waals surface area contributed by atoms with Crippen molar-refractivity contribution in [3.8, 4) is 0 Å². The van der Waals surface area contributed by atoms with Crippen molar-refractivity contribution in [1.82, 2.24) is 0 Å². The predicted molar refractivity (Wildman–Crippen MR) is 40.7 cm³/mol. The maximum atomic E-state index is 9.53. The van der Waals surface area contributed by atoms with Crippen LogP contribution in [0.3, 0.4) is 0 Å². The summed E-state index contributed by atoms with van der Waals surface area (Å²) >= 11 is 0. The van der Waals surface area contributed by atoms with Gasteiger partial charge in [0.05, 0.1) is 6.10 Å². The lowest BCUT2D eigenvalue weighted by Gasteiger charge is -2.29. The number of aliphatic hydroxyl groups is 1. The molecular formula is C9H16O. The van der Waals surface area contributed by atoms with Crippen molar-refractivity contribution in [2.24, 2.45) is 11.3 Å². The molecule has 1 nitrogen and oxygen atoms in total. The van der Waals surface area contributed by atoms with Gasteiger partial charge in [-0.2, -0.15) is 0 Å². The third kappa shape index (κ3) is 0.731. The SMILES string of the molecule is CC(O)C12CCC(CC1)C2. The van der Waals surface area contributed by atoms with Crippen LogP contribution in [0.2, 0.25) is 0 Å². The molecule has 1 unspecified atom stereocenters. The first-order chi connectivity index (χ1) is 4.73. The Morgan fingerprint density at radius 2 is 2.00 bits per heavy atom. The lowest BCUT2D eigenvalue weighted by molar-refractivity contribution is 0.0462. The topological polar surface area (TPSA) is 20.2 Å². The molecule has 1 atom stereocenters. The lowest BCUT2D eigenvalue weighted by atomic mass is 9.80. The average molecular weight is 140 g/mol. The molecule has 0 aromatic rings. The van der Waals surface area contributed by atoms with E-state index in [4.69, 9.17) is 0 Å². The van der Waals surface area contributed by atoms with Gasteiger partial charge in [-0.05, 0) is 50.4 Å². The van der Waals surface area contributed by atoms with E-state index in [9.17, 15) is 5.11 Å². The molecular weight excluding hydrogens is 124 g/mol. The minimum Gasteiger partial charge on any atom is -0.393 e. The molecule has 2 saturated carbocycles. The second-order valence-corrected chi connectivity index (χ2v) is 4.19. The van der Waals surface area contributed by atoms with E-state index >= 15 is 0 Å². The van der Waals surface area contributed by atoms with Crippen LogP contribution in [-0.2, 0) is 0 Å². The number of rotatable bonds is 1. The molecule has 0 amide bonds. The van der Waals surface area contributed by atoms with Crippen LogP contribution >= 0.6 is 0 Å². The van der Waals surface area contributed by atoms with Crippen LogP contribution in [0.5, 0.6) is 0 Å². The van der Waals surface area contributed by atoms with Crippen molar-refractivity contribution >= 4 is 0 Å². The Kier molecular flexibility index (Phi) is 1.31. The standard InChI is InChI=1S/C9H16O/c1-7(10)9-4-2-8(6-9)3-5-9/h7-8,10H,2-6H2,1H3. The Balaban J connectivity index is 2.15. The van der Waals surface area contributed by atoms with Gasteiger partial charge in [0.2, 0.25) is 0 Å². The van der Waals surface area contributed by atoms with E-state index in [1.54, 1.807) is 0 Å². The zero-order valence-corrected chi connectivity index (χ0v) is 6.64. The average Bonchev–Trinajstić information content (AvgIpc) is 2.45. The second-order valence-electron chi connectivity index (χ2n) is 4.19. The molecule has 2 aliphatic carbocycles. The normalized spacial score (nSPS) is 48.0. The van der Waals surface area contributed by atoms with Crippen LogP contribution < -0.4 is 0 Å². The van der Waals surface area contributed by atoms with Gasteiger partial charge >= 0.3 is 0 Å². The van der Waals surface area contributed by atoms with E-state index in [1.807, 2.05) is 6.92 Å². The van der Waals surface area contributed by atoms with Crippen molar-refractivity contribution < 1.29 is 5.11 Å². The van der Waals surface area contributed by atoms with Crippen LogP contribution in [0.15, 0.2) is 0 Å². The molecule has 1 N–H and O–H groups in total. The number of hydrogen-bond acceptors (Lipinski definition) is 1. The molecule has 0 aromatic heterocycles. The molecule has 2 bridgehead atoms. The Morgan fingerprint density at radius 1 is 1.40 bits per heavy atom. The number of hydrogen-bond donors (Lipinski definition) is 1. The minimum absolute atomic E-state index is 0.0556. The predicted octanol–water partition coefficient (Wildman–Crippen LogP) is 1.95. The molecule has 0 radical (unpaired) electrons. The summed E-state index contributed by atoms with van der Waals surface area (Å²) in [5.41, 5.74) is 0.366. The summed E-state index contributed by atoms with van der Waals surface area (Å²) < 4.78 is 0. The van der Waals surface area contributed by atoms with Crippen LogP contribution in [0.25, 0.3) is 0 Å². The monoisotopic (exact) mass is 140 g/mol. The molecule has 10 heavy (non-hydrogen) atoms. The van der Waals surface area contributed by atoms with E-state index in [2.05, 4.69) is 0 Å². The molecule has 0 aliphatic heterocycles. The van der Waals surface area contributed by atoms with Crippen LogP contribution in [-0.4, -0.2) is 11.2 Å². The fraction of sp³-hybridized carbons (Fsp3) is 1.00. The smallest absolute Gasteiger partial charge is 0.0568 e. The van der Waals surface area contributed by atoms with E-state index in [1.165, 1.54) is 32.1 Å². The van der Waals surface area contributed by atoms with Gasteiger partial charge in [-0.15, -0.1) is 0 Å². The van der Waals surface area contributed by atoms with Gasteiger partial charge in [-0.3, -0.25) is 0 Å². The van der Waals surface area contributed by atoms with E-state index < -0.39 is 0 Å². The maximum Gasteiger partial charge on any atom is 0.0568 e. The van der Waals surface area contributed by atoms with Gasteiger partial charge in [0.15, 0.2) is 0 Å². The highest BCUT2D eigenvalue weighted by molar-refractivity contribution is 4.98. The Bertz CT molecular complexity index is 132. The van der Waals surface area contributed by atoms with Crippen molar-refractivity contribution in [2.75, 3.05) is 0 Å². The summed E-state index contributed by atoms with van der Waals surface area (Å²) in [6.45, 7) is 1.97. The van der Waals surface area contributed by atoms with Gasteiger partial charge in [0.1, 0.15) is 0 Å². The fourth-order valence-corrected chi connectivity index (χ4v) is 2.82. The molecule has 0 heterocycles. The molecule has 58 valence electrons. The first-order valence-electron chi connectivity index (χ1n) is 4.41. The number of aliphatic hydroxyl groups excluding tert-OH is 1. The first kappa shape index (κ1) is 6.66. The molecule has 0 spiro atoms. The Hall–Kier alpha value is -0.0400. The first-order valence-corrected chi connectivity index (χ1v) is 4.41. The minimum atomic E-state index is -0.0556. The molecule has 1 heteroatoms. The van der Waals surface area contributed by atoms with Gasteiger partial charge in [-0.1, -0.05) is 0 Å². The lowest BCUT2D eigenvalue weighted by Crippen LogP contribution is -2.27. The van der Waals surface area contributed by atoms with Crippen molar-refractivity contribution in [1.29, 1.82) is 0 Å². The zero-order chi connectivity index (χ0) is 7.19. The summed E-state index contributed by atoms with van der Waals surface area (Å²) in [6.07, 6.45) is 6.59. The van der Waals surface area contributed by atoms with Crippen LogP contribution in [0.1, 0.15) is 39.0 Å². The molecule has 0 aromatic carbocycles. The van der Waals surface area contributed by atoms with Crippen molar-refractivity contribution in [3.05, 3.63) is 0 Å². The zero-order valence-electron chi connectivity index (χ0n) is 6.64. The van der Waals surface area contributed by atoms with Gasteiger partial charge in [0.25, 0.3) is 0 Å². The summed E-state index contributed by atoms with van der Waals surface area (Å²) in [5, 5.41) is 9.53. The maximum absolute atomic E-state index is 9.53. The van der Waals surface area contributed by atoms with E-state index in [-0.39, 0.29) is 6.10 Å². The summed E-state index contributed by atoms with van der Waals surface area (Å²) in [5.74, 6) is 0.967. The molecule has 2 aliphatic rings. The summed E-state index contributed by atoms with van der Waals surface area (Å²) in [6, 6.07) is 0. The molecule has 2 fully saturated rings. The summed E-state index contributed by atoms with van der Waals surface area (Å²) in [4.78, 5) is 0. The third-order valence-corrected chi connectivity index (χ3v) is 3.68. The van der Waals surface area contributed by atoms with Crippen molar-refractivity contribution in [3.63, 3.8) is 0 Å². The molecule has 2 rings (SSSR count).